The smallest absolute Gasteiger partial charge is 0.150 e. The molecule has 2 rings (SSSR count). The van der Waals surface area contributed by atoms with Gasteiger partial charge in [-0.05, 0) is 36.8 Å². The maximum atomic E-state index is 13.9. The van der Waals surface area contributed by atoms with Crippen molar-refractivity contribution in [1.29, 1.82) is 0 Å². The van der Waals surface area contributed by atoms with Crippen LogP contribution in [0.15, 0.2) is 12.1 Å². The standard InChI is InChI=1S/C15H20F2N2S/c1-9-3-2-4-10(5-9)8-19-14-12(16)6-11(15(18)20)7-13(14)17/h6-7,9-10,19H,2-5,8H2,1H3,(H2,18,20). The third-order valence-electron chi connectivity index (χ3n) is 3.94. The highest BCUT2D eigenvalue weighted by Gasteiger charge is 2.20. The van der Waals surface area contributed by atoms with Gasteiger partial charge < -0.3 is 11.1 Å². The van der Waals surface area contributed by atoms with Gasteiger partial charge >= 0.3 is 0 Å². The quantitative estimate of drug-likeness (QED) is 0.830. The third-order valence-corrected chi connectivity index (χ3v) is 4.17. The molecule has 0 bridgehead atoms. The molecule has 1 fully saturated rings. The van der Waals surface area contributed by atoms with Gasteiger partial charge in [0, 0.05) is 12.1 Å². The van der Waals surface area contributed by atoms with Crippen molar-refractivity contribution < 1.29 is 8.78 Å². The van der Waals surface area contributed by atoms with Gasteiger partial charge in [-0.15, -0.1) is 0 Å². The van der Waals surface area contributed by atoms with Gasteiger partial charge in [-0.1, -0.05) is 32.0 Å². The molecule has 2 nitrogen and oxygen atoms in total. The van der Waals surface area contributed by atoms with E-state index in [4.69, 9.17) is 18.0 Å². The molecule has 2 atom stereocenters. The van der Waals surface area contributed by atoms with Crippen LogP contribution in [-0.2, 0) is 0 Å². The fourth-order valence-electron chi connectivity index (χ4n) is 2.88. The number of anilines is 1. The Labute approximate surface area is 123 Å². The summed E-state index contributed by atoms with van der Waals surface area (Å²) in [4.78, 5) is -0.00421. The maximum absolute atomic E-state index is 13.9. The highest BCUT2D eigenvalue weighted by atomic mass is 32.1. The summed E-state index contributed by atoms with van der Waals surface area (Å²) in [6, 6.07) is 2.36. The molecule has 1 aromatic carbocycles. The fraction of sp³-hybridized carbons (Fsp3) is 0.533. The minimum absolute atomic E-state index is 0.00421. The summed E-state index contributed by atoms with van der Waals surface area (Å²) >= 11 is 4.73. The van der Waals surface area contributed by atoms with Crippen LogP contribution in [-0.4, -0.2) is 11.5 Å². The first-order valence-electron chi connectivity index (χ1n) is 7.00. The second-order valence-electron chi connectivity index (χ2n) is 5.70. The number of nitrogens with one attached hydrogen (secondary N) is 1. The Balaban J connectivity index is 2.04. The zero-order valence-electron chi connectivity index (χ0n) is 11.6. The average Bonchev–Trinajstić information content (AvgIpc) is 2.37. The van der Waals surface area contributed by atoms with Gasteiger partial charge in [0.2, 0.25) is 0 Å². The molecule has 20 heavy (non-hydrogen) atoms. The Bertz CT molecular complexity index is 482. The van der Waals surface area contributed by atoms with E-state index >= 15 is 0 Å². The number of rotatable bonds is 4. The van der Waals surface area contributed by atoms with Crippen LogP contribution in [0.1, 0.15) is 38.2 Å². The lowest BCUT2D eigenvalue weighted by Crippen LogP contribution is -2.22. The van der Waals surface area contributed by atoms with Crippen molar-refractivity contribution in [1.82, 2.24) is 0 Å². The first kappa shape index (κ1) is 15.2. The van der Waals surface area contributed by atoms with E-state index in [-0.39, 0.29) is 16.2 Å². The highest BCUT2D eigenvalue weighted by molar-refractivity contribution is 7.80. The van der Waals surface area contributed by atoms with Crippen LogP contribution in [0.4, 0.5) is 14.5 Å². The second kappa shape index (κ2) is 6.48. The summed E-state index contributed by atoms with van der Waals surface area (Å²) in [6.07, 6.45) is 4.67. The summed E-state index contributed by atoms with van der Waals surface area (Å²) in [7, 11) is 0. The van der Waals surface area contributed by atoms with Crippen molar-refractivity contribution in [3.8, 4) is 0 Å². The van der Waals surface area contributed by atoms with Gasteiger partial charge in [-0.25, -0.2) is 8.78 Å². The molecule has 0 saturated heterocycles. The van der Waals surface area contributed by atoms with E-state index in [1.54, 1.807) is 0 Å². The highest BCUT2D eigenvalue weighted by Crippen LogP contribution is 2.29. The Morgan fingerprint density at radius 3 is 2.55 bits per heavy atom. The van der Waals surface area contributed by atoms with Gasteiger partial charge in [0.15, 0.2) is 0 Å². The van der Waals surface area contributed by atoms with Gasteiger partial charge in [0.1, 0.15) is 22.3 Å². The Kier molecular flexibility index (Phi) is 4.91. The fourth-order valence-corrected chi connectivity index (χ4v) is 2.99. The molecule has 1 aliphatic rings. The lowest BCUT2D eigenvalue weighted by molar-refractivity contribution is 0.293. The zero-order valence-corrected chi connectivity index (χ0v) is 12.4. The predicted molar refractivity (Wildman–Crippen MR) is 81.9 cm³/mol. The molecule has 2 unspecified atom stereocenters. The van der Waals surface area contributed by atoms with Crippen LogP contribution in [0.25, 0.3) is 0 Å². The summed E-state index contributed by atoms with van der Waals surface area (Å²) in [6.45, 7) is 2.83. The molecule has 0 amide bonds. The molecule has 5 heteroatoms. The molecular weight excluding hydrogens is 278 g/mol. The van der Waals surface area contributed by atoms with Gasteiger partial charge in [0.05, 0.1) is 0 Å². The van der Waals surface area contributed by atoms with E-state index in [1.807, 2.05) is 0 Å². The molecule has 0 aromatic heterocycles. The number of hydrogen-bond acceptors (Lipinski definition) is 2. The average molecular weight is 298 g/mol. The molecule has 1 aromatic rings. The van der Waals surface area contributed by atoms with Crippen molar-refractivity contribution in [3.63, 3.8) is 0 Å². The number of thiocarbonyl (C=S) groups is 1. The largest absolute Gasteiger partial charge is 0.389 e. The summed E-state index contributed by atoms with van der Waals surface area (Å²) < 4.78 is 27.8. The summed E-state index contributed by atoms with van der Waals surface area (Å²) in [5.41, 5.74) is 5.52. The normalized spacial score (nSPS) is 22.6. The first-order valence-corrected chi connectivity index (χ1v) is 7.41. The SMILES string of the molecule is CC1CCCC(CNc2c(F)cc(C(N)=S)cc2F)C1. The van der Waals surface area contributed by atoms with E-state index in [2.05, 4.69) is 12.2 Å². The van der Waals surface area contributed by atoms with Crippen molar-refractivity contribution in [2.45, 2.75) is 32.6 Å². The zero-order chi connectivity index (χ0) is 14.7. The van der Waals surface area contributed by atoms with E-state index in [1.165, 1.54) is 25.0 Å². The Hall–Kier alpha value is -1.23. The monoisotopic (exact) mass is 298 g/mol. The number of nitrogens with two attached hydrogens (primary N) is 1. The molecule has 0 aliphatic heterocycles. The van der Waals surface area contributed by atoms with Crippen molar-refractivity contribution in [3.05, 3.63) is 29.3 Å². The minimum Gasteiger partial charge on any atom is -0.389 e. The van der Waals surface area contributed by atoms with E-state index in [9.17, 15) is 8.78 Å². The molecule has 1 saturated carbocycles. The topological polar surface area (TPSA) is 38.0 Å². The van der Waals surface area contributed by atoms with Crippen LogP contribution in [0.5, 0.6) is 0 Å². The molecule has 0 radical (unpaired) electrons. The lowest BCUT2D eigenvalue weighted by atomic mass is 9.82. The number of halogens is 2. The molecule has 1 aliphatic carbocycles. The summed E-state index contributed by atoms with van der Waals surface area (Å²) in [5, 5.41) is 2.90. The second-order valence-corrected chi connectivity index (χ2v) is 6.14. The van der Waals surface area contributed by atoms with E-state index < -0.39 is 11.6 Å². The van der Waals surface area contributed by atoms with Crippen molar-refractivity contribution in [2.24, 2.45) is 17.6 Å². The molecule has 0 heterocycles. The van der Waals surface area contributed by atoms with Gasteiger partial charge in [-0.2, -0.15) is 0 Å². The van der Waals surface area contributed by atoms with Crippen LogP contribution in [0, 0.1) is 23.5 Å². The molecule has 0 spiro atoms. The van der Waals surface area contributed by atoms with Gasteiger partial charge in [0.25, 0.3) is 0 Å². The van der Waals surface area contributed by atoms with Crippen LogP contribution in [0.2, 0.25) is 0 Å². The van der Waals surface area contributed by atoms with Crippen molar-refractivity contribution in [2.75, 3.05) is 11.9 Å². The molecule has 3 N–H and O–H groups in total. The number of hydrogen-bond donors (Lipinski definition) is 2. The molecular formula is C15H20F2N2S. The van der Waals surface area contributed by atoms with Gasteiger partial charge in [-0.3, -0.25) is 0 Å². The van der Waals surface area contributed by atoms with Crippen molar-refractivity contribution >= 4 is 22.9 Å². The van der Waals surface area contributed by atoms with E-state index in [0.29, 0.717) is 18.4 Å². The van der Waals surface area contributed by atoms with E-state index in [0.717, 1.165) is 12.8 Å². The van der Waals surface area contributed by atoms with Crippen LogP contribution in [0.3, 0.4) is 0 Å². The predicted octanol–water partition coefficient (Wildman–Crippen LogP) is 3.84. The molecule has 110 valence electrons. The first-order chi connectivity index (χ1) is 9.47. The third kappa shape index (κ3) is 3.66. The minimum atomic E-state index is -0.642. The maximum Gasteiger partial charge on any atom is 0.150 e. The van der Waals surface area contributed by atoms with Crippen LogP contribution < -0.4 is 11.1 Å². The van der Waals surface area contributed by atoms with Crippen LogP contribution >= 0.6 is 12.2 Å². The number of benzene rings is 1. The lowest BCUT2D eigenvalue weighted by Gasteiger charge is -2.27. The Morgan fingerprint density at radius 1 is 1.35 bits per heavy atom. The Morgan fingerprint density at radius 2 is 2.00 bits per heavy atom. The summed E-state index contributed by atoms with van der Waals surface area (Å²) in [5.74, 6) is -0.108.